The predicted molar refractivity (Wildman–Crippen MR) is 335 cm³/mol. The molecular formula is C55H101N21O16. The van der Waals surface area contributed by atoms with E-state index >= 15 is 0 Å². The number of carboxylic acids is 1. The number of hydrogen-bond donors (Lipinski definition) is 21. The summed E-state index contributed by atoms with van der Waals surface area (Å²) in [7, 11) is 0. The van der Waals surface area contributed by atoms with Gasteiger partial charge in [0.25, 0.3) is 0 Å². The smallest absolute Gasteiger partial charge is 0.326 e. The van der Waals surface area contributed by atoms with Crippen LogP contribution in [0.25, 0.3) is 0 Å². The van der Waals surface area contributed by atoms with E-state index in [1.54, 1.807) is 13.8 Å². The first-order valence-corrected chi connectivity index (χ1v) is 30.6. The minimum absolute atomic E-state index is 0.0244. The van der Waals surface area contributed by atoms with Crippen molar-refractivity contribution in [2.24, 2.45) is 45.3 Å². The number of rotatable bonds is 50. The summed E-state index contributed by atoms with van der Waals surface area (Å²) in [6.07, 6.45) is 4.13. The highest BCUT2D eigenvalue weighted by Crippen LogP contribution is 2.08. The molecule has 0 aromatic rings. The van der Waals surface area contributed by atoms with Crippen LogP contribution in [-0.4, -0.2) is 221 Å². The van der Waals surface area contributed by atoms with Gasteiger partial charge >= 0.3 is 5.97 Å². The Morgan fingerprint density at radius 2 is 0.717 bits per heavy atom. The quantitative estimate of drug-likeness (QED) is 0.0153. The number of guanidine groups is 1. The van der Waals surface area contributed by atoms with Crippen LogP contribution in [-0.2, 0) is 71.9 Å². The van der Waals surface area contributed by atoms with Crippen LogP contribution in [0.5, 0.6) is 0 Å². The molecule has 0 saturated carbocycles. The van der Waals surface area contributed by atoms with Crippen LogP contribution in [0.2, 0.25) is 0 Å². The highest BCUT2D eigenvalue weighted by Gasteiger charge is 2.30. The Kier molecular flexibility index (Phi) is 44.2. The number of nitrogens with one attached hydrogen (secondary N) is 14. The molecule has 522 valence electrons. The molecule has 0 unspecified atom stereocenters. The van der Waals surface area contributed by atoms with Gasteiger partial charge in [0, 0.05) is 20.0 Å². The molecule has 27 N–H and O–H groups in total. The Morgan fingerprint density at radius 3 is 1.11 bits per heavy atom. The van der Waals surface area contributed by atoms with Crippen molar-refractivity contribution >= 4 is 94.6 Å². The molecule has 37 heteroatoms. The van der Waals surface area contributed by atoms with Gasteiger partial charge in [-0.1, -0.05) is 13.8 Å². The Morgan fingerprint density at radius 1 is 0.370 bits per heavy atom. The molecule has 92 heavy (non-hydrogen) atoms. The summed E-state index contributed by atoms with van der Waals surface area (Å²) < 4.78 is 0. The summed E-state index contributed by atoms with van der Waals surface area (Å²) in [6.45, 7) is 3.18. The number of aliphatic imine (C=N–C) groups is 1. The Bertz CT molecular complexity index is 2450. The molecule has 0 saturated heterocycles. The van der Waals surface area contributed by atoms with E-state index in [0.717, 1.165) is 0 Å². The highest BCUT2D eigenvalue weighted by atomic mass is 16.4. The SMILES string of the molecule is CC(=O)NCCCC[C@H](NC(=O)CNC(=O)CNC(=O)[C@H](CCCCN)NC(=O)CN)C(=O)NCC(=O)N[C@@H](CC(C)C)C(=O)NCC(=O)N[C@@H](CCCCN)C(=O)NCC(=O)NCC(=O)N[C@@H](C)C(=O)N[C@@H](CCCCN)C(=O)N[C@@H](CCCN=C(N)N)C(=O)O. The lowest BCUT2D eigenvalue weighted by Gasteiger charge is -2.23. The first kappa shape index (κ1) is 83.2. The van der Waals surface area contributed by atoms with Crippen LogP contribution in [0, 0.1) is 5.92 Å². The molecule has 0 radical (unpaired) electrons. The zero-order valence-corrected chi connectivity index (χ0v) is 53.2. The van der Waals surface area contributed by atoms with Gasteiger partial charge in [0.15, 0.2) is 5.96 Å². The zero-order chi connectivity index (χ0) is 69.6. The molecule has 0 aliphatic carbocycles. The van der Waals surface area contributed by atoms with E-state index in [1.165, 1.54) is 13.8 Å². The fraction of sp³-hybridized carbons (Fsp3) is 0.709. The number of hydrogen-bond acceptors (Lipinski definition) is 20. The fourth-order valence-corrected chi connectivity index (χ4v) is 8.32. The molecular weight excluding hydrogens is 1210 g/mol. The second kappa shape index (κ2) is 48.9. The second-order valence-electron chi connectivity index (χ2n) is 21.8. The maximum absolute atomic E-state index is 13.5. The van der Waals surface area contributed by atoms with Gasteiger partial charge in [0.05, 0.1) is 45.8 Å². The summed E-state index contributed by atoms with van der Waals surface area (Å²) in [5.41, 5.74) is 32.7. The van der Waals surface area contributed by atoms with E-state index in [-0.39, 0.29) is 95.5 Å². The van der Waals surface area contributed by atoms with E-state index < -0.39 is 164 Å². The summed E-state index contributed by atoms with van der Waals surface area (Å²) in [5, 5.41) is 43.8. The van der Waals surface area contributed by atoms with E-state index in [2.05, 4.69) is 79.4 Å². The lowest BCUT2D eigenvalue weighted by Crippen LogP contribution is -2.56. The van der Waals surface area contributed by atoms with E-state index in [1.807, 2.05) is 0 Å². The number of nitrogens with two attached hydrogens (primary N) is 6. The monoisotopic (exact) mass is 1310 g/mol. The van der Waals surface area contributed by atoms with Crippen molar-refractivity contribution in [1.29, 1.82) is 0 Å². The second-order valence-corrected chi connectivity index (χ2v) is 21.8. The Balaban J connectivity index is 5.59. The normalized spacial score (nSPS) is 13.0. The number of carboxylic acid groups (broad SMARTS) is 1. The van der Waals surface area contributed by atoms with Crippen LogP contribution in [0.4, 0.5) is 0 Å². The van der Waals surface area contributed by atoms with Crippen LogP contribution in [0.3, 0.4) is 0 Å². The van der Waals surface area contributed by atoms with Crippen molar-refractivity contribution in [3.05, 3.63) is 0 Å². The lowest BCUT2D eigenvalue weighted by atomic mass is 10.0. The third-order valence-corrected chi connectivity index (χ3v) is 13.2. The van der Waals surface area contributed by atoms with Gasteiger partial charge in [-0.05, 0) is 129 Å². The Hall–Kier alpha value is -8.84. The topological polar surface area (TPSA) is 613 Å². The van der Waals surface area contributed by atoms with E-state index in [4.69, 9.17) is 34.4 Å². The van der Waals surface area contributed by atoms with Crippen LogP contribution < -0.4 is 109 Å². The standard InChI is InChI=1S/C55H101N21O16/c1-32(2)24-40(74-47(84)31-68-51(88)37(17-8-12-22-62-34(4)77)72-45(82)29-65-43(80)27-66-49(86)35(14-5-9-19-56)71-41(78)25-59)52(89)69-30-46(83)73-36(15-6-10-20-57)50(87)67-26-42(79)64-28-44(81)70-33(3)48(85)75-38(16-7-11-21-58)53(90)76-39(54(91)92)18-13-23-63-55(60)61/h32-33,35-40H,5-31,56-59H2,1-4H3,(H,62,77)(H,64,79)(H,65,80)(H,66,86)(H,67,87)(H,68,88)(H,69,89)(H,70,81)(H,71,78)(H,72,82)(H,73,83)(H,74,84)(H,75,85)(H,76,90)(H,91,92)(H4,60,61,63)/t33-,35-,36-,37-,38-,39-,40-/m0/s1. The van der Waals surface area contributed by atoms with Crippen molar-refractivity contribution in [3.8, 4) is 0 Å². The highest BCUT2D eigenvalue weighted by molar-refractivity contribution is 5.97. The molecule has 7 atom stereocenters. The van der Waals surface area contributed by atoms with Crippen LogP contribution in [0.1, 0.15) is 124 Å². The molecule has 0 aliphatic rings. The van der Waals surface area contributed by atoms with Gasteiger partial charge in [0.1, 0.15) is 42.3 Å². The molecule has 0 heterocycles. The number of carbonyl (C=O) groups is 15. The molecule has 0 bridgehead atoms. The third kappa shape index (κ3) is 40.7. The maximum Gasteiger partial charge on any atom is 0.326 e. The third-order valence-electron chi connectivity index (χ3n) is 13.2. The van der Waals surface area contributed by atoms with Gasteiger partial charge < -0.3 is 114 Å². The average molecular weight is 1310 g/mol. The van der Waals surface area contributed by atoms with E-state index in [0.29, 0.717) is 57.9 Å². The molecule has 0 aromatic carbocycles. The van der Waals surface area contributed by atoms with Gasteiger partial charge in [-0.3, -0.25) is 72.1 Å². The average Bonchev–Trinajstić information content (AvgIpc) is 1.83. The minimum Gasteiger partial charge on any atom is -0.480 e. The summed E-state index contributed by atoms with van der Waals surface area (Å²) in [4.78, 5) is 196. The molecule has 37 nitrogen and oxygen atoms in total. The minimum atomic E-state index is -1.33. The van der Waals surface area contributed by atoms with Crippen molar-refractivity contribution in [2.75, 3.05) is 78.5 Å². The lowest BCUT2D eigenvalue weighted by molar-refractivity contribution is -0.142. The zero-order valence-electron chi connectivity index (χ0n) is 53.2. The predicted octanol–water partition coefficient (Wildman–Crippen LogP) is -9.07. The van der Waals surface area contributed by atoms with Gasteiger partial charge in [0.2, 0.25) is 82.7 Å². The molecule has 0 fully saturated rings. The maximum atomic E-state index is 13.5. The van der Waals surface area contributed by atoms with Gasteiger partial charge in [-0.25, -0.2) is 4.79 Å². The van der Waals surface area contributed by atoms with Crippen molar-refractivity contribution < 1.29 is 77.0 Å². The van der Waals surface area contributed by atoms with Crippen molar-refractivity contribution in [3.63, 3.8) is 0 Å². The number of nitrogens with zero attached hydrogens (tertiary/aromatic N) is 1. The molecule has 14 amide bonds. The van der Waals surface area contributed by atoms with Crippen molar-refractivity contribution in [2.45, 2.75) is 166 Å². The number of amides is 14. The molecule has 0 aliphatic heterocycles. The fourth-order valence-electron chi connectivity index (χ4n) is 8.32. The first-order chi connectivity index (χ1) is 43.6. The van der Waals surface area contributed by atoms with Crippen LogP contribution in [0.15, 0.2) is 4.99 Å². The van der Waals surface area contributed by atoms with Gasteiger partial charge in [-0.2, -0.15) is 0 Å². The van der Waals surface area contributed by atoms with Crippen LogP contribution >= 0.6 is 0 Å². The number of unbranched alkanes of at least 4 members (excludes halogenated alkanes) is 4. The Labute approximate surface area is 534 Å². The molecule has 0 aromatic heterocycles. The first-order valence-electron chi connectivity index (χ1n) is 30.6. The number of aliphatic carboxylic acids is 1. The summed E-state index contributed by atoms with van der Waals surface area (Å²) in [5.74, 6) is -12.2. The van der Waals surface area contributed by atoms with Crippen molar-refractivity contribution in [1.82, 2.24) is 74.4 Å². The summed E-state index contributed by atoms with van der Waals surface area (Å²) >= 11 is 0. The largest absolute Gasteiger partial charge is 0.480 e. The molecule has 0 rings (SSSR count). The van der Waals surface area contributed by atoms with E-state index in [9.17, 15) is 77.0 Å². The van der Waals surface area contributed by atoms with Gasteiger partial charge in [-0.15, -0.1) is 0 Å². The number of carbonyl (C=O) groups excluding carboxylic acids is 14. The summed E-state index contributed by atoms with van der Waals surface area (Å²) in [6, 6.07) is -8.49. The molecule has 0 spiro atoms.